The predicted molar refractivity (Wildman–Crippen MR) is 120 cm³/mol. The molecule has 3 rings (SSSR count). The number of ether oxygens (including phenoxy) is 2. The van der Waals surface area contributed by atoms with E-state index in [1.165, 1.54) is 11.1 Å². The van der Waals surface area contributed by atoms with Gasteiger partial charge in [-0.3, -0.25) is 0 Å². The van der Waals surface area contributed by atoms with Crippen molar-refractivity contribution in [1.82, 2.24) is 10.6 Å². The van der Waals surface area contributed by atoms with Crippen molar-refractivity contribution in [2.24, 2.45) is 10.9 Å². The van der Waals surface area contributed by atoms with Gasteiger partial charge in [0.05, 0.1) is 19.8 Å². The molecule has 0 aromatic heterocycles. The quantitative estimate of drug-likeness (QED) is 0.475. The maximum atomic E-state index is 9.97. The minimum atomic E-state index is 0.105. The first kappa shape index (κ1) is 22.0. The van der Waals surface area contributed by atoms with Crippen LogP contribution in [0.3, 0.4) is 0 Å². The second-order valence-corrected chi connectivity index (χ2v) is 7.69. The number of aliphatic imine (C=N–C) groups is 1. The van der Waals surface area contributed by atoms with Gasteiger partial charge in [0, 0.05) is 25.6 Å². The Bertz CT molecular complexity index is 836. The Morgan fingerprint density at radius 3 is 2.70 bits per heavy atom. The topological polar surface area (TPSA) is 75.1 Å². The average Bonchev–Trinajstić information content (AvgIpc) is 2.76. The second-order valence-electron chi connectivity index (χ2n) is 7.69. The molecule has 6 heteroatoms. The van der Waals surface area contributed by atoms with Gasteiger partial charge >= 0.3 is 0 Å². The highest BCUT2D eigenvalue weighted by Crippen LogP contribution is 2.33. The fraction of sp³-hybridized carbons (Fsp3) is 0.458. The number of methoxy groups -OCH3 is 1. The third-order valence-electron chi connectivity index (χ3n) is 5.39. The van der Waals surface area contributed by atoms with Crippen LogP contribution in [-0.2, 0) is 11.3 Å². The molecule has 2 atom stereocenters. The van der Waals surface area contributed by atoms with Gasteiger partial charge in [0.25, 0.3) is 0 Å². The van der Waals surface area contributed by atoms with Crippen molar-refractivity contribution in [3.05, 3.63) is 59.2 Å². The summed E-state index contributed by atoms with van der Waals surface area (Å²) in [5.74, 6) is 1.74. The fourth-order valence-electron chi connectivity index (χ4n) is 3.75. The van der Waals surface area contributed by atoms with Crippen molar-refractivity contribution in [2.45, 2.75) is 39.3 Å². The molecule has 2 aromatic carbocycles. The van der Waals surface area contributed by atoms with E-state index in [-0.39, 0.29) is 11.9 Å². The Kier molecular flexibility index (Phi) is 7.97. The second kappa shape index (κ2) is 10.9. The number of guanidine groups is 1. The average molecular weight is 412 g/mol. The molecular weight excluding hydrogens is 378 g/mol. The number of aryl methyl sites for hydroxylation is 1. The highest BCUT2D eigenvalue weighted by molar-refractivity contribution is 5.79. The number of phenolic OH excluding ortho intramolecular Hbond substituents is 1. The van der Waals surface area contributed by atoms with E-state index < -0.39 is 0 Å². The maximum absolute atomic E-state index is 9.97. The monoisotopic (exact) mass is 411 g/mol. The van der Waals surface area contributed by atoms with Crippen LogP contribution in [0.25, 0.3) is 0 Å². The van der Waals surface area contributed by atoms with Gasteiger partial charge in [0.15, 0.2) is 17.5 Å². The first-order valence-electron chi connectivity index (χ1n) is 10.7. The minimum Gasteiger partial charge on any atom is -0.504 e. The molecule has 1 heterocycles. The molecular formula is C24H33N3O3. The molecule has 0 spiro atoms. The Balaban J connectivity index is 1.64. The smallest absolute Gasteiger partial charge is 0.191 e. The minimum absolute atomic E-state index is 0.105. The summed E-state index contributed by atoms with van der Waals surface area (Å²) in [6, 6.07) is 14.0. The highest BCUT2D eigenvalue weighted by atomic mass is 16.5. The number of benzene rings is 2. The number of hydrogen-bond donors (Lipinski definition) is 3. The van der Waals surface area contributed by atoms with Crippen molar-refractivity contribution in [3.8, 4) is 11.5 Å². The molecule has 0 bridgehead atoms. The molecule has 2 aromatic rings. The Labute approximate surface area is 179 Å². The maximum Gasteiger partial charge on any atom is 0.191 e. The van der Waals surface area contributed by atoms with E-state index in [1.807, 2.05) is 6.07 Å². The molecule has 1 saturated heterocycles. The van der Waals surface area contributed by atoms with Crippen LogP contribution in [0, 0.1) is 12.8 Å². The summed E-state index contributed by atoms with van der Waals surface area (Å²) in [5.41, 5.74) is 3.42. The molecule has 0 radical (unpaired) electrons. The summed E-state index contributed by atoms with van der Waals surface area (Å²) in [5, 5.41) is 16.8. The van der Waals surface area contributed by atoms with Crippen LogP contribution in [-0.4, -0.2) is 37.9 Å². The van der Waals surface area contributed by atoms with Gasteiger partial charge in [-0.15, -0.1) is 0 Å². The third kappa shape index (κ3) is 5.89. The summed E-state index contributed by atoms with van der Waals surface area (Å²) in [4.78, 5) is 4.68. The number of phenols is 1. The van der Waals surface area contributed by atoms with Crippen LogP contribution >= 0.6 is 0 Å². The summed E-state index contributed by atoms with van der Waals surface area (Å²) >= 11 is 0. The standard InChI is InChI=1S/C24H33N3O3/c1-4-25-24(26-15-18-9-12-22(29-3)21(28)14-18)27-16-20-6-5-13-30-23(20)19-10-7-17(2)8-11-19/h7-12,14,20,23,28H,4-6,13,15-16H2,1-3H3,(H2,25,26,27). The lowest BCUT2D eigenvalue weighted by molar-refractivity contribution is -0.0265. The van der Waals surface area contributed by atoms with Gasteiger partial charge in [0.1, 0.15) is 0 Å². The Hall–Kier alpha value is -2.73. The normalized spacial score (nSPS) is 19.4. The van der Waals surface area contributed by atoms with Crippen LogP contribution in [0.4, 0.5) is 0 Å². The molecule has 3 N–H and O–H groups in total. The fourth-order valence-corrected chi connectivity index (χ4v) is 3.75. The molecule has 1 aliphatic rings. The lowest BCUT2D eigenvalue weighted by Gasteiger charge is -2.32. The highest BCUT2D eigenvalue weighted by Gasteiger charge is 2.27. The van der Waals surface area contributed by atoms with Gasteiger partial charge in [-0.2, -0.15) is 0 Å². The summed E-state index contributed by atoms with van der Waals surface area (Å²) in [7, 11) is 1.54. The van der Waals surface area contributed by atoms with E-state index in [9.17, 15) is 5.11 Å². The van der Waals surface area contributed by atoms with E-state index >= 15 is 0 Å². The van der Waals surface area contributed by atoms with Crippen molar-refractivity contribution in [3.63, 3.8) is 0 Å². The number of rotatable bonds is 7. The van der Waals surface area contributed by atoms with Gasteiger partial charge < -0.3 is 25.2 Å². The summed E-state index contributed by atoms with van der Waals surface area (Å²) in [6.45, 7) is 7.00. The van der Waals surface area contributed by atoms with E-state index in [1.54, 1.807) is 19.2 Å². The van der Waals surface area contributed by atoms with Crippen molar-refractivity contribution in [2.75, 3.05) is 26.8 Å². The van der Waals surface area contributed by atoms with E-state index in [0.717, 1.165) is 44.1 Å². The molecule has 2 unspecified atom stereocenters. The lowest BCUT2D eigenvalue weighted by atomic mass is 9.89. The van der Waals surface area contributed by atoms with Crippen LogP contribution in [0.15, 0.2) is 47.5 Å². The SMILES string of the molecule is CCNC(=NCc1ccc(OC)c(O)c1)NCC1CCCOC1c1ccc(C)cc1. The Morgan fingerprint density at radius 1 is 1.20 bits per heavy atom. The van der Waals surface area contributed by atoms with Crippen molar-refractivity contribution in [1.29, 1.82) is 0 Å². The first-order chi connectivity index (χ1) is 14.6. The molecule has 30 heavy (non-hydrogen) atoms. The van der Waals surface area contributed by atoms with Crippen LogP contribution in [0.2, 0.25) is 0 Å². The first-order valence-corrected chi connectivity index (χ1v) is 10.7. The van der Waals surface area contributed by atoms with E-state index in [4.69, 9.17) is 9.47 Å². The predicted octanol–water partition coefficient (Wildman–Crippen LogP) is 3.93. The molecule has 0 saturated carbocycles. The molecule has 6 nitrogen and oxygen atoms in total. The summed E-state index contributed by atoms with van der Waals surface area (Å²) in [6.07, 6.45) is 2.30. The Morgan fingerprint density at radius 2 is 2.00 bits per heavy atom. The molecule has 1 fully saturated rings. The zero-order chi connectivity index (χ0) is 21.3. The number of hydrogen-bond acceptors (Lipinski definition) is 4. The molecule has 0 aliphatic carbocycles. The van der Waals surface area contributed by atoms with Crippen molar-refractivity contribution >= 4 is 5.96 Å². The number of aromatic hydroxyl groups is 1. The van der Waals surface area contributed by atoms with Gasteiger partial charge in [-0.05, 0) is 49.9 Å². The zero-order valence-electron chi connectivity index (χ0n) is 18.1. The zero-order valence-corrected chi connectivity index (χ0v) is 18.1. The van der Waals surface area contributed by atoms with Crippen LogP contribution in [0.1, 0.15) is 42.6 Å². The van der Waals surface area contributed by atoms with Crippen molar-refractivity contribution < 1.29 is 14.6 Å². The number of nitrogens with one attached hydrogen (secondary N) is 2. The molecule has 0 amide bonds. The molecule has 162 valence electrons. The molecule has 1 aliphatic heterocycles. The van der Waals surface area contributed by atoms with Crippen LogP contribution in [0.5, 0.6) is 11.5 Å². The third-order valence-corrected chi connectivity index (χ3v) is 5.39. The van der Waals surface area contributed by atoms with E-state index in [2.05, 4.69) is 53.7 Å². The van der Waals surface area contributed by atoms with Gasteiger partial charge in [-0.1, -0.05) is 35.9 Å². The van der Waals surface area contributed by atoms with Gasteiger partial charge in [0.2, 0.25) is 0 Å². The largest absolute Gasteiger partial charge is 0.504 e. The van der Waals surface area contributed by atoms with Crippen LogP contribution < -0.4 is 15.4 Å². The number of nitrogens with zero attached hydrogens (tertiary/aromatic N) is 1. The van der Waals surface area contributed by atoms with E-state index in [0.29, 0.717) is 18.2 Å². The lowest BCUT2D eigenvalue weighted by Crippen LogP contribution is -2.42. The summed E-state index contributed by atoms with van der Waals surface area (Å²) < 4.78 is 11.2. The van der Waals surface area contributed by atoms with Gasteiger partial charge in [-0.25, -0.2) is 4.99 Å².